The number of nitrogens with zero attached hydrogens (tertiary/aromatic N) is 5. The Morgan fingerprint density at radius 1 is 1.21 bits per heavy atom. The van der Waals surface area contributed by atoms with Gasteiger partial charge in [0.25, 0.3) is 11.6 Å². The van der Waals surface area contributed by atoms with Gasteiger partial charge in [0, 0.05) is 61.6 Å². The van der Waals surface area contributed by atoms with Crippen molar-refractivity contribution in [3.8, 4) is 5.69 Å². The molecule has 1 saturated heterocycles. The lowest BCUT2D eigenvalue weighted by molar-refractivity contribution is -0.384. The maximum absolute atomic E-state index is 12.9. The molecule has 28 heavy (non-hydrogen) atoms. The van der Waals surface area contributed by atoms with Crippen molar-refractivity contribution < 1.29 is 9.72 Å². The van der Waals surface area contributed by atoms with Gasteiger partial charge in [-0.3, -0.25) is 19.8 Å². The first-order valence-corrected chi connectivity index (χ1v) is 9.80. The van der Waals surface area contributed by atoms with Crippen LogP contribution in [-0.4, -0.2) is 56.4 Å². The lowest BCUT2D eigenvalue weighted by Gasteiger charge is -2.34. The van der Waals surface area contributed by atoms with Crippen LogP contribution in [0.2, 0.25) is 0 Å². The Morgan fingerprint density at radius 2 is 2.04 bits per heavy atom. The van der Waals surface area contributed by atoms with Crippen molar-refractivity contribution >= 4 is 22.9 Å². The fourth-order valence-electron chi connectivity index (χ4n) is 3.34. The number of hydrogen-bond acceptors (Lipinski definition) is 6. The van der Waals surface area contributed by atoms with E-state index in [1.54, 1.807) is 45.3 Å². The summed E-state index contributed by atoms with van der Waals surface area (Å²) in [5.74, 6) is -0.170. The number of nitro groups is 1. The van der Waals surface area contributed by atoms with E-state index in [0.29, 0.717) is 24.3 Å². The Balaban J connectivity index is 1.46. The van der Waals surface area contributed by atoms with Crippen LogP contribution in [-0.2, 0) is 6.54 Å². The smallest absolute Gasteiger partial charge is 0.294 e. The van der Waals surface area contributed by atoms with Crippen molar-refractivity contribution in [2.45, 2.75) is 6.54 Å². The molecule has 3 aromatic rings. The first-order valence-electron chi connectivity index (χ1n) is 8.92. The van der Waals surface area contributed by atoms with E-state index in [1.165, 1.54) is 17.3 Å². The van der Waals surface area contributed by atoms with Crippen molar-refractivity contribution in [1.82, 2.24) is 19.4 Å². The van der Waals surface area contributed by atoms with Gasteiger partial charge in [-0.25, -0.2) is 4.98 Å². The van der Waals surface area contributed by atoms with Gasteiger partial charge in [-0.1, -0.05) is 6.07 Å². The second-order valence-electron chi connectivity index (χ2n) is 6.58. The molecule has 4 rings (SSSR count). The number of piperazine rings is 1. The first-order chi connectivity index (χ1) is 13.6. The van der Waals surface area contributed by atoms with Crippen LogP contribution in [0.5, 0.6) is 0 Å². The molecule has 8 nitrogen and oxygen atoms in total. The normalized spacial score (nSPS) is 14.9. The van der Waals surface area contributed by atoms with E-state index in [0.717, 1.165) is 19.6 Å². The van der Waals surface area contributed by atoms with Crippen molar-refractivity contribution in [2.24, 2.45) is 0 Å². The van der Waals surface area contributed by atoms with Gasteiger partial charge in [-0.2, -0.15) is 0 Å². The van der Waals surface area contributed by atoms with E-state index >= 15 is 0 Å². The minimum absolute atomic E-state index is 0.111. The quantitative estimate of drug-likeness (QED) is 0.488. The van der Waals surface area contributed by atoms with E-state index in [4.69, 9.17) is 0 Å². The summed E-state index contributed by atoms with van der Waals surface area (Å²) in [7, 11) is 0. The molecule has 0 bridgehead atoms. The fraction of sp³-hybridized carbons (Fsp3) is 0.263. The number of imidazole rings is 1. The molecule has 0 saturated carbocycles. The average molecular weight is 397 g/mol. The molecule has 0 radical (unpaired) electrons. The summed E-state index contributed by atoms with van der Waals surface area (Å²) in [5, 5.41) is 13.6. The molecule has 2 aromatic heterocycles. The predicted molar refractivity (Wildman–Crippen MR) is 106 cm³/mol. The molecular weight excluding hydrogens is 378 g/mol. The predicted octanol–water partition coefficient (Wildman–Crippen LogP) is 2.80. The number of rotatable bonds is 5. The summed E-state index contributed by atoms with van der Waals surface area (Å²) in [6.45, 7) is 3.70. The Labute approximate surface area is 165 Å². The molecule has 0 spiro atoms. The van der Waals surface area contributed by atoms with Crippen LogP contribution in [0.4, 0.5) is 5.69 Å². The summed E-state index contributed by atoms with van der Waals surface area (Å²) in [4.78, 5) is 33.2. The van der Waals surface area contributed by atoms with Crippen LogP contribution < -0.4 is 0 Å². The SMILES string of the molecule is O=C(c1ccc(-n2ccnc2)c([N+](=O)[O-])c1)N1CCN(Cc2cccs2)CC1. The highest BCUT2D eigenvalue weighted by atomic mass is 32.1. The zero-order valence-corrected chi connectivity index (χ0v) is 15.9. The van der Waals surface area contributed by atoms with Gasteiger partial charge >= 0.3 is 0 Å². The van der Waals surface area contributed by atoms with Crippen molar-refractivity contribution in [2.75, 3.05) is 26.2 Å². The summed E-state index contributed by atoms with van der Waals surface area (Å²) < 4.78 is 1.57. The number of thiophene rings is 1. The molecule has 0 aliphatic carbocycles. The molecule has 1 fully saturated rings. The van der Waals surface area contributed by atoms with Gasteiger partial charge in [0.15, 0.2) is 0 Å². The summed E-state index contributed by atoms with van der Waals surface area (Å²) in [6.07, 6.45) is 4.69. The van der Waals surface area contributed by atoms with Crippen LogP contribution in [0.1, 0.15) is 15.2 Å². The average Bonchev–Trinajstić information content (AvgIpc) is 3.42. The third-order valence-electron chi connectivity index (χ3n) is 4.82. The van der Waals surface area contributed by atoms with E-state index in [1.807, 2.05) is 6.07 Å². The number of benzene rings is 1. The fourth-order valence-corrected chi connectivity index (χ4v) is 4.08. The highest BCUT2D eigenvalue weighted by molar-refractivity contribution is 7.09. The molecule has 0 unspecified atom stereocenters. The number of carbonyl (C=O) groups is 1. The monoisotopic (exact) mass is 397 g/mol. The van der Waals surface area contributed by atoms with Gasteiger partial charge in [-0.05, 0) is 23.6 Å². The highest BCUT2D eigenvalue weighted by Crippen LogP contribution is 2.25. The molecule has 1 aliphatic rings. The molecule has 9 heteroatoms. The molecule has 3 heterocycles. The molecule has 0 N–H and O–H groups in total. The largest absolute Gasteiger partial charge is 0.336 e. The lowest BCUT2D eigenvalue weighted by Crippen LogP contribution is -2.48. The standard InChI is InChI=1S/C19H19N5O3S/c25-19(22-9-7-21(8-10-22)13-16-2-1-11-28-16)15-3-4-17(18(12-15)24(26)27)23-6-5-20-14-23/h1-6,11-12,14H,7-10,13H2. The maximum atomic E-state index is 12.9. The van der Waals surface area contributed by atoms with Crippen LogP contribution in [0, 0.1) is 10.1 Å². The third kappa shape index (κ3) is 3.80. The van der Waals surface area contributed by atoms with E-state index in [2.05, 4.69) is 21.3 Å². The number of aromatic nitrogens is 2. The van der Waals surface area contributed by atoms with Crippen LogP contribution in [0.15, 0.2) is 54.4 Å². The molecular formula is C19H19N5O3S. The second kappa shape index (κ2) is 7.91. The minimum Gasteiger partial charge on any atom is -0.336 e. The van der Waals surface area contributed by atoms with Crippen molar-refractivity contribution in [1.29, 1.82) is 0 Å². The van der Waals surface area contributed by atoms with E-state index in [-0.39, 0.29) is 11.6 Å². The van der Waals surface area contributed by atoms with Crippen molar-refractivity contribution in [3.63, 3.8) is 0 Å². The number of amides is 1. The van der Waals surface area contributed by atoms with Crippen LogP contribution >= 0.6 is 11.3 Å². The Kier molecular flexibility index (Phi) is 5.18. The summed E-state index contributed by atoms with van der Waals surface area (Å²) in [6, 6.07) is 8.75. The van der Waals surface area contributed by atoms with Crippen LogP contribution in [0.25, 0.3) is 5.69 Å². The number of carbonyl (C=O) groups excluding carboxylic acids is 1. The summed E-state index contributed by atoms with van der Waals surface area (Å²) in [5.41, 5.74) is 0.613. The maximum Gasteiger partial charge on any atom is 0.294 e. The van der Waals surface area contributed by atoms with Gasteiger partial charge in [0.2, 0.25) is 0 Å². The van der Waals surface area contributed by atoms with Gasteiger partial charge in [0.05, 0.1) is 11.3 Å². The van der Waals surface area contributed by atoms with Crippen LogP contribution in [0.3, 0.4) is 0 Å². The second-order valence-corrected chi connectivity index (χ2v) is 7.61. The number of nitro benzene ring substituents is 1. The molecule has 0 atom stereocenters. The zero-order valence-electron chi connectivity index (χ0n) is 15.1. The van der Waals surface area contributed by atoms with Gasteiger partial charge < -0.3 is 9.47 Å². The molecule has 1 aliphatic heterocycles. The molecule has 1 amide bonds. The topological polar surface area (TPSA) is 84.5 Å². The van der Waals surface area contributed by atoms with Gasteiger partial charge in [0.1, 0.15) is 5.69 Å². The van der Waals surface area contributed by atoms with Gasteiger partial charge in [-0.15, -0.1) is 11.3 Å². The Hall–Kier alpha value is -3.04. The first kappa shape index (κ1) is 18.3. The molecule has 1 aromatic carbocycles. The highest BCUT2D eigenvalue weighted by Gasteiger charge is 2.25. The number of hydrogen-bond donors (Lipinski definition) is 0. The Morgan fingerprint density at radius 3 is 2.68 bits per heavy atom. The molecule has 144 valence electrons. The van der Waals surface area contributed by atoms with E-state index in [9.17, 15) is 14.9 Å². The zero-order chi connectivity index (χ0) is 19.5. The van der Waals surface area contributed by atoms with E-state index < -0.39 is 4.92 Å². The summed E-state index contributed by atoms with van der Waals surface area (Å²) >= 11 is 1.73. The minimum atomic E-state index is -0.467. The Bertz CT molecular complexity index is 964. The van der Waals surface area contributed by atoms with Crippen molar-refractivity contribution in [3.05, 3.63) is 75.0 Å². The third-order valence-corrected chi connectivity index (χ3v) is 5.68. The lowest BCUT2D eigenvalue weighted by atomic mass is 10.1.